The van der Waals surface area contributed by atoms with Gasteiger partial charge in [0, 0.05) is 34.0 Å². The quantitative estimate of drug-likeness (QED) is 0.110. The second-order valence-corrected chi connectivity index (χ2v) is 25.7. The highest BCUT2D eigenvalue weighted by Crippen LogP contribution is 2.37. The van der Waals surface area contributed by atoms with E-state index in [9.17, 15) is 19.2 Å². The lowest BCUT2D eigenvalue weighted by Gasteiger charge is -2.32. The van der Waals surface area contributed by atoms with Gasteiger partial charge in [0.2, 0.25) is 5.79 Å². The van der Waals surface area contributed by atoms with Crippen LogP contribution in [0.5, 0.6) is 45.3 Å². The van der Waals surface area contributed by atoms with Crippen LogP contribution < -0.4 is 53.0 Å². The molecule has 96 heavy (non-hydrogen) atoms. The molecular formula is C75H86N6O14S. The number of nitrogens with one attached hydrogen (secondary N) is 1. The van der Waals surface area contributed by atoms with Crippen LogP contribution in [-0.2, 0) is 56.6 Å². The predicted molar refractivity (Wildman–Crippen MR) is 369 cm³/mol. The maximum atomic E-state index is 11.4. The molecule has 11 heterocycles. The molecular weight excluding hydrogens is 1240 g/mol. The van der Waals surface area contributed by atoms with E-state index < -0.39 is 5.79 Å². The molecule has 1 saturated heterocycles. The number of hydrogen-bond acceptors (Lipinski definition) is 18. The predicted octanol–water partition coefficient (Wildman–Crippen LogP) is 12.5. The molecule has 8 aromatic rings. The number of rotatable bonds is 0. The van der Waals surface area contributed by atoms with Gasteiger partial charge in [-0.2, -0.15) is 5.10 Å². The zero-order chi connectivity index (χ0) is 67.9. The third-order valence-corrected chi connectivity index (χ3v) is 17.3. The number of amides is 2. The van der Waals surface area contributed by atoms with Crippen LogP contribution in [0.1, 0.15) is 96.9 Å². The molecule has 2 amide bonds. The smallest absolute Gasteiger partial charge is 0.311 e. The highest BCUT2D eigenvalue weighted by atomic mass is 32.1. The summed E-state index contributed by atoms with van der Waals surface area (Å²) in [6.07, 6.45) is 8.94. The summed E-state index contributed by atoms with van der Waals surface area (Å²) in [5, 5.41) is 9.14. The molecule has 0 radical (unpaired) electrons. The summed E-state index contributed by atoms with van der Waals surface area (Å²) < 4.78 is 55.8. The van der Waals surface area contributed by atoms with Crippen LogP contribution in [0.25, 0.3) is 0 Å². The number of carbonyl (C=O) groups is 4. The van der Waals surface area contributed by atoms with Crippen LogP contribution in [0.2, 0.25) is 0 Å². The van der Waals surface area contributed by atoms with Gasteiger partial charge < -0.3 is 62.5 Å². The van der Waals surface area contributed by atoms with Gasteiger partial charge in [-0.05, 0) is 169 Å². The van der Waals surface area contributed by atoms with Crippen molar-refractivity contribution in [2.45, 2.75) is 106 Å². The number of anilines is 3. The number of benzene rings is 6. The van der Waals surface area contributed by atoms with Crippen molar-refractivity contribution in [3.05, 3.63) is 182 Å². The summed E-state index contributed by atoms with van der Waals surface area (Å²) in [5.41, 5.74) is 15.3. The number of carbonyl (C=O) groups excluding carboxylic acids is 4. The van der Waals surface area contributed by atoms with E-state index in [-0.39, 0.29) is 36.8 Å². The monoisotopic (exact) mass is 1330 g/mol. The Labute approximate surface area is 565 Å². The van der Waals surface area contributed by atoms with Crippen molar-refractivity contribution in [3.63, 3.8) is 0 Å². The largest absolute Gasteiger partial charge is 0.492 e. The fourth-order valence-corrected chi connectivity index (χ4v) is 12.2. The lowest BCUT2D eigenvalue weighted by Crippen LogP contribution is -2.42. The lowest BCUT2D eigenvalue weighted by molar-refractivity contribution is -0.182. The van der Waals surface area contributed by atoms with E-state index in [2.05, 4.69) is 71.5 Å². The summed E-state index contributed by atoms with van der Waals surface area (Å²) in [6, 6.07) is 35.6. The van der Waals surface area contributed by atoms with Crippen LogP contribution >= 0.6 is 11.3 Å². The average molecular weight is 1330 g/mol. The number of fused-ring (bicyclic) bond motifs is 8. The number of Topliss-reactive ketones (excluding diaryl/α,β-unsaturated/α-hetero) is 1. The molecule has 21 heteroatoms. The number of hydrogen-bond donors (Lipinski definition) is 1. The molecule has 0 saturated carbocycles. The van der Waals surface area contributed by atoms with Crippen molar-refractivity contribution in [2.24, 2.45) is 7.05 Å². The fraction of sp³-hybridized carbons (Fsp3) is 0.387. The van der Waals surface area contributed by atoms with Gasteiger partial charge in [0.15, 0.2) is 29.8 Å². The number of aromatic nitrogens is 3. The van der Waals surface area contributed by atoms with E-state index in [4.69, 9.17) is 47.4 Å². The van der Waals surface area contributed by atoms with E-state index in [1.54, 1.807) is 28.0 Å². The van der Waals surface area contributed by atoms with Crippen LogP contribution in [-0.4, -0.2) is 124 Å². The Balaban J connectivity index is 0.000000120. The molecule has 1 spiro atoms. The molecule has 20 nitrogen and oxygen atoms in total. The van der Waals surface area contributed by atoms with E-state index in [0.717, 1.165) is 166 Å². The van der Waals surface area contributed by atoms with Gasteiger partial charge in [-0.1, -0.05) is 76.6 Å². The molecule has 17 rings (SSSR count). The second kappa shape index (κ2) is 32.3. The Morgan fingerprint density at radius 3 is 1.80 bits per heavy atom. The van der Waals surface area contributed by atoms with Crippen LogP contribution in [0.4, 0.5) is 17.1 Å². The highest BCUT2D eigenvalue weighted by molar-refractivity contribution is 7.13. The standard InChI is InChI=1S/C12H14O3.C10H11NO2.C10H13NO.2C10H10O2.C9H9NO2.C7H10N2O.C7H9NOS/c1-9-2-3-11-10(6-9)7-12(8-13-11)14-4-5-15-12;1-7-3-4-9-8(5-7)11(2)10(12)6-13-9;1-8-3-4-10-9(7-8)11(2)5-6-12-10;1-7-2-4-9-8(6-7)3-5-10(11)12-9;1-7-2-3-10-8(6-7)9(11)4-5-12-10;1-6-2-3-8-7(4-6)10-9(11)5-12-8;1-9-5-7-6(8-9)3-2-4-10-7;1-5-8-6-3-2-4-9-7(6)10-5/h2-3,6H,4-5,7-8H2,1H3;3-5H,6H2,1-2H3;3-4,7H,5-6H2,1-2H3;2,4,6H,3,5H2,1H3;2-3,6H,4-5H2,1H3;2-4H,5H2,1H3,(H,10,11);5H,2-4H2,1H3;2-4H2,1H3. The molecule has 506 valence electrons. The lowest BCUT2D eigenvalue weighted by atomic mass is 10.00. The maximum absolute atomic E-state index is 11.4. The molecule has 1 N–H and O–H groups in total. The van der Waals surface area contributed by atoms with E-state index in [1.165, 1.54) is 27.9 Å². The molecule has 9 aliphatic heterocycles. The number of thiazole rings is 1. The van der Waals surface area contributed by atoms with Crippen LogP contribution in [0.15, 0.2) is 115 Å². The van der Waals surface area contributed by atoms with Gasteiger partial charge in [-0.25, -0.2) is 4.98 Å². The maximum Gasteiger partial charge on any atom is 0.311 e. The summed E-state index contributed by atoms with van der Waals surface area (Å²) in [6.45, 7) is 20.3. The number of ether oxygens (including phenoxy) is 10. The third kappa shape index (κ3) is 18.7. The molecule has 2 aromatic heterocycles. The molecule has 6 aromatic carbocycles. The van der Waals surface area contributed by atoms with Crippen molar-refractivity contribution in [1.29, 1.82) is 0 Å². The number of esters is 1. The molecule has 0 unspecified atom stereocenters. The topological polar surface area (TPSA) is 210 Å². The first-order valence-electron chi connectivity index (χ1n) is 32.5. The van der Waals surface area contributed by atoms with E-state index in [0.29, 0.717) is 39.3 Å². The molecule has 9 aliphatic rings. The summed E-state index contributed by atoms with van der Waals surface area (Å²) in [4.78, 5) is 52.6. The Hall–Kier alpha value is -9.44. The average Bonchev–Trinajstić information content (AvgIpc) is 1.32. The fourth-order valence-electron chi connectivity index (χ4n) is 11.4. The number of aryl methyl sites for hydroxylation is 11. The van der Waals surface area contributed by atoms with Gasteiger partial charge in [0.05, 0.1) is 85.5 Å². The number of nitrogens with zero attached hydrogens (tertiary/aromatic N) is 5. The normalized spacial score (nSPS) is 16.5. The van der Waals surface area contributed by atoms with Crippen molar-refractivity contribution in [2.75, 3.05) is 95.2 Å². The van der Waals surface area contributed by atoms with Gasteiger partial charge in [-0.3, -0.25) is 23.9 Å². The molecule has 1 fully saturated rings. The third-order valence-electron chi connectivity index (χ3n) is 16.4. The van der Waals surface area contributed by atoms with E-state index >= 15 is 0 Å². The second-order valence-electron chi connectivity index (χ2n) is 24.6. The first kappa shape index (κ1) is 69.4. The zero-order valence-electron chi connectivity index (χ0n) is 56.6. The van der Waals surface area contributed by atoms with Crippen LogP contribution in [0, 0.1) is 48.5 Å². The first-order valence-corrected chi connectivity index (χ1v) is 33.3. The minimum absolute atomic E-state index is 0.00176. The van der Waals surface area contributed by atoms with Gasteiger partial charge in [0.25, 0.3) is 11.8 Å². The summed E-state index contributed by atoms with van der Waals surface area (Å²) >= 11 is 1.66. The van der Waals surface area contributed by atoms with Crippen molar-refractivity contribution >= 4 is 52.0 Å². The molecule has 0 aliphatic carbocycles. The molecule has 0 atom stereocenters. The van der Waals surface area contributed by atoms with Gasteiger partial charge in [-0.15, -0.1) is 0 Å². The van der Waals surface area contributed by atoms with Crippen LogP contribution in [0.3, 0.4) is 0 Å². The minimum atomic E-state index is -0.513. The Kier molecular flexibility index (Phi) is 23.4. The minimum Gasteiger partial charge on any atom is -0.492 e. The SMILES string of the molecule is Cc1ccc2c(c1)C(=O)CCO2.Cc1ccc2c(c1)CC1(CO2)OCCO1.Cc1ccc2c(c1)CCC(=O)O2.Cc1ccc2c(c1)N(C)C(=O)CO2.Cc1ccc2c(c1)N(C)CCO2.Cc1ccc2c(c1)NC(=O)CO2.Cc1nc2c(s1)OCCC2.Cn1cc2c(n1)CCCO2. The van der Waals surface area contributed by atoms with Crippen molar-refractivity contribution in [1.82, 2.24) is 14.8 Å². The molecule has 0 bridgehead atoms. The van der Waals surface area contributed by atoms with Gasteiger partial charge in [0.1, 0.15) is 53.4 Å². The first-order chi connectivity index (χ1) is 46.2. The summed E-state index contributed by atoms with van der Waals surface area (Å²) in [7, 11) is 5.78. The number of ketones is 1. The Bertz CT molecular complexity index is 3960. The van der Waals surface area contributed by atoms with Crippen molar-refractivity contribution in [3.8, 4) is 45.3 Å². The summed E-state index contributed by atoms with van der Waals surface area (Å²) in [5.74, 6) is 5.41. The van der Waals surface area contributed by atoms with Crippen molar-refractivity contribution < 1.29 is 66.5 Å². The van der Waals surface area contributed by atoms with Gasteiger partial charge >= 0.3 is 5.97 Å². The Morgan fingerprint density at radius 2 is 1.08 bits per heavy atom. The van der Waals surface area contributed by atoms with E-state index in [1.807, 2.05) is 127 Å². The zero-order valence-corrected chi connectivity index (χ0v) is 57.4. The Morgan fingerprint density at radius 1 is 0.500 bits per heavy atom. The highest BCUT2D eigenvalue weighted by Gasteiger charge is 2.41. The number of likely N-dealkylation sites (N-methyl/N-ethyl adjacent to an activating group) is 2.